The smallest absolute Gasteiger partial charge is 0.240 e. The fraction of sp³-hybridized carbons (Fsp3) is 0.417. The third-order valence-corrected chi connectivity index (χ3v) is 18.2. The van der Waals surface area contributed by atoms with Crippen molar-refractivity contribution >= 4 is 80.1 Å². The van der Waals surface area contributed by atoms with Crippen molar-refractivity contribution in [1.82, 2.24) is 19.6 Å². The molecule has 0 saturated carbocycles. The van der Waals surface area contributed by atoms with Crippen molar-refractivity contribution in [2.45, 2.75) is 50.8 Å². The fourth-order valence-corrected chi connectivity index (χ4v) is 13.3. The van der Waals surface area contributed by atoms with Crippen LogP contribution < -0.4 is 24.6 Å². The summed E-state index contributed by atoms with van der Waals surface area (Å²) < 4.78 is 36.1. The van der Waals surface area contributed by atoms with Crippen LogP contribution in [0.25, 0.3) is 16.6 Å². The van der Waals surface area contributed by atoms with Gasteiger partial charge in [-0.3, -0.25) is 9.69 Å². The van der Waals surface area contributed by atoms with E-state index in [0.29, 0.717) is 36.0 Å². The molecule has 0 atom stereocenters. The number of piperazine rings is 1. The molecule has 18 heteroatoms. The van der Waals surface area contributed by atoms with Crippen molar-refractivity contribution in [1.29, 1.82) is 0 Å². The number of nitro groups is 1. The first-order valence-corrected chi connectivity index (χ1v) is 27.5. The summed E-state index contributed by atoms with van der Waals surface area (Å²) in [6, 6.07) is 21.1. The molecule has 2 aromatic heterocycles. The Bertz CT molecular complexity index is 2800. The molecule has 3 aliphatic heterocycles. The Hall–Kier alpha value is -5.25. The van der Waals surface area contributed by atoms with E-state index >= 15 is 0 Å². The molecular weight excluding hydrogens is 899 g/mol. The Morgan fingerprint density at radius 2 is 1.77 bits per heavy atom. The van der Waals surface area contributed by atoms with Gasteiger partial charge in [0.1, 0.15) is 17.9 Å². The number of allylic oxidation sites excluding steroid dienone is 1. The number of carbonyl (C=O) groups excluding carboxylic acids is 1. The van der Waals surface area contributed by atoms with E-state index in [2.05, 4.69) is 50.8 Å². The number of benzene rings is 3. The molecule has 5 aromatic rings. The third kappa shape index (κ3) is 10.0. The van der Waals surface area contributed by atoms with Crippen LogP contribution in [0.15, 0.2) is 89.5 Å². The SMILES string of the molecule is CC1(C)CCC(CN2CCN(c3ccc(C(=O)NS(=O)(=O)c4ccc(NCC5CC[PH](C)(O)CC5)c([N+](=O)[O-])c4)c(N4CCOc5nc6[nH]ccc6cc54)c3)CC2)=C(c2ccc(Cl)cc2)C1. The van der Waals surface area contributed by atoms with Crippen LogP contribution in [0.1, 0.15) is 61.9 Å². The van der Waals surface area contributed by atoms with Gasteiger partial charge in [-0.15, -0.1) is 0 Å². The Labute approximate surface area is 391 Å². The number of nitrogens with zero attached hydrogens (tertiary/aromatic N) is 5. The molecule has 4 aliphatic rings. The topological polar surface area (TPSA) is 186 Å². The Morgan fingerprint density at radius 1 is 1.02 bits per heavy atom. The molecule has 1 amide bonds. The van der Waals surface area contributed by atoms with Crippen molar-refractivity contribution in [2.24, 2.45) is 11.3 Å². The number of anilines is 4. The second kappa shape index (κ2) is 18.4. The number of hydrogen-bond acceptors (Lipinski definition) is 12. The maximum atomic E-state index is 14.3. The van der Waals surface area contributed by atoms with Crippen LogP contribution in [0.3, 0.4) is 0 Å². The van der Waals surface area contributed by atoms with Gasteiger partial charge >= 0.3 is 141 Å². The molecule has 0 radical (unpaired) electrons. The van der Waals surface area contributed by atoms with Crippen LogP contribution in [-0.2, 0) is 10.0 Å². The van der Waals surface area contributed by atoms with E-state index in [1.165, 1.54) is 28.8 Å². The molecule has 3 aromatic carbocycles. The fourth-order valence-electron chi connectivity index (χ4n) is 9.86. The van der Waals surface area contributed by atoms with Gasteiger partial charge in [0.2, 0.25) is 5.88 Å². The summed E-state index contributed by atoms with van der Waals surface area (Å²) in [5.74, 6) is -0.265. The number of halogens is 1. The Balaban J connectivity index is 0.964. The van der Waals surface area contributed by atoms with E-state index in [9.17, 15) is 28.2 Å². The van der Waals surface area contributed by atoms with E-state index in [0.717, 1.165) is 99.3 Å². The molecule has 0 spiro atoms. The summed E-state index contributed by atoms with van der Waals surface area (Å²) >= 11 is 6.27. The molecule has 5 heterocycles. The largest absolute Gasteiger partial charge is 0.474 e. The number of nitro benzene ring substituents is 1. The van der Waals surface area contributed by atoms with E-state index in [1.807, 2.05) is 48.0 Å². The van der Waals surface area contributed by atoms with Crippen LogP contribution in [0, 0.1) is 21.4 Å². The summed E-state index contributed by atoms with van der Waals surface area (Å²) in [5.41, 5.74) is 6.86. The molecule has 0 bridgehead atoms. The molecule has 66 heavy (non-hydrogen) atoms. The minimum Gasteiger partial charge on any atom is -0.474 e. The normalized spacial score (nSPS) is 20.3. The Kier molecular flexibility index (Phi) is 12.8. The number of pyridine rings is 1. The van der Waals surface area contributed by atoms with Crippen LogP contribution in [0.2, 0.25) is 5.02 Å². The van der Waals surface area contributed by atoms with Gasteiger partial charge in [-0.05, 0) is 78.3 Å². The maximum absolute atomic E-state index is 14.3. The summed E-state index contributed by atoms with van der Waals surface area (Å²) in [7, 11) is -6.74. The minimum atomic E-state index is -4.58. The third-order valence-electron chi connectivity index (χ3n) is 13.8. The van der Waals surface area contributed by atoms with Crippen molar-refractivity contribution in [3.8, 4) is 5.88 Å². The number of amides is 1. The summed E-state index contributed by atoms with van der Waals surface area (Å²) in [6.45, 7) is 11.8. The number of ether oxygens (including phenoxy) is 1. The number of fused-ring (bicyclic) bond motifs is 2. The first kappa shape index (κ1) is 45.9. The van der Waals surface area contributed by atoms with Gasteiger partial charge < -0.3 is 19.5 Å². The van der Waals surface area contributed by atoms with Gasteiger partial charge in [-0.25, -0.2) is 0 Å². The maximum Gasteiger partial charge on any atom is 0.240 e. The van der Waals surface area contributed by atoms with Crippen LogP contribution in [-0.4, -0.2) is 110 Å². The van der Waals surface area contributed by atoms with E-state index in [-0.39, 0.29) is 29.2 Å². The van der Waals surface area contributed by atoms with Crippen LogP contribution in [0.4, 0.5) is 28.4 Å². The number of rotatable bonds is 12. The van der Waals surface area contributed by atoms with Gasteiger partial charge in [-0.2, -0.15) is 4.98 Å². The van der Waals surface area contributed by atoms with Crippen molar-refractivity contribution in [3.05, 3.63) is 111 Å². The van der Waals surface area contributed by atoms with Gasteiger partial charge in [0.05, 0.1) is 17.8 Å². The molecule has 2 fully saturated rings. The summed E-state index contributed by atoms with van der Waals surface area (Å²) in [4.78, 5) is 50.6. The number of carbonyl (C=O) groups is 1. The molecular formula is C48H58ClN8O7PS. The van der Waals surface area contributed by atoms with E-state index in [4.69, 9.17) is 21.3 Å². The van der Waals surface area contributed by atoms with E-state index < -0.39 is 38.9 Å². The van der Waals surface area contributed by atoms with Gasteiger partial charge in [0.15, 0.2) is 0 Å². The number of aromatic amines is 1. The monoisotopic (exact) mass is 956 g/mol. The van der Waals surface area contributed by atoms with E-state index in [1.54, 1.807) is 12.3 Å². The number of nitrogens with one attached hydrogen (secondary N) is 3. The zero-order valence-corrected chi connectivity index (χ0v) is 40.2. The predicted molar refractivity (Wildman–Crippen MR) is 265 cm³/mol. The van der Waals surface area contributed by atoms with Crippen LogP contribution in [0.5, 0.6) is 5.88 Å². The number of hydrogen-bond donors (Lipinski definition) is 4. The second-order valence-corrected chi connectivity index (χ2v) is 25.4. The zero-order valence-electron chi connectivity index (χ0n) is 37.6. The number of H-pyrrole nitrogens is 1. The molecule has 350 valence electrons. The minimum absolute atomic E-state index is 0.104. The first-order chi connectivity index (χ1) is 31.5. The average molecular weight is 958 g/mol. The van der Waals surface area contributed by atoms with Crippen molar-refractivity contribution < 1.29 is 27.8 Å². The quantitative estimate of drug-likeness (QED) is 0.0531. The average Bonchev–Trinajstić information content (AvgIpc) is 3.76. The molecule has 4 N–H and O–H groups in total. The molecule has 0 unspecified atom stereocenters. The van der Waals surface area contributed by atoms with Gasteiger partial charge in [0.25, 0.3) is 0 Å². The molecule has 2 saturated heterocycles. The zero-order chi connectivity index (χ0) is 46.4. The number of sulfonamides is 1. The molecule has 1 aliphatic carbocycles. The first-order valence-electron chi connectivity index (χ1n) is 22.8. The Morgan fingerprint density at radius 3 is 2.52 bits per heavy atom. The predicted octanol–water partition coefficient (Wildman–Crippen LogP) is 8.67. The summed E-state index contributed by atoms with van der Waals surface area (Å²) in [5, 5.41) is 17.0. The van der Waals surface area contributed by atoms with Crippen LogP contribution >= 0.6 is 19.1 Å². The van der Waals surface area contributed by atoms with Gasteiger partial charge in [-0.1, -0.05) is 43.2 Å². The second-order valence-electron chi connectivity index (χ2n) is 19.3. The van der Waals surface area contributed by atoms with Crippen molar-refractivity contribution in [2.75, 3.05) is 86.5 Å². The van der Waals surface area contributed by atoms with Gasteiger partial charge in [0, 0.05) is 55.0 Å². The molecule has 9 rings (SSSR count). The molecule has 15 nitrogen and oxygen atoms in total. The van der Waals surface area contributed by atoms with Crippen molar-refractivity contribution in [3.63, 3.8) is 0 Å². The summed E-state index contributed by atoms with van der Waals surface area (Å²) in [6.07, 6.45) is 8.19. The number of aromatic nitrogens is 2. The standard InChI is InChI=1S/C48H58ClN8O7PS/c1-48(2)16-12-35(40(29-48)33-4-6-36(49)7-5-33)31-54-18-20-55(21-19-54)37-8-10-39(42(27-37)56-22-23-64-47-44(56)26-34-13-17-50-45(34)52-47)46(58)53-66(62,63)38-9-11-41(43(28-38)57(59)60)51-30-32-14-24-65(3,61)25-15-32/h4-11,13,17,26-28,32,51,61,65H,12,14-16,18-25,29-31H2,1-3H3,(H,50,52)(H,53,58).